The molecular weight excluding hydrogens is 306 g/mol. The van der Waals surface area contributed by atoms with E-state index in [0.29, 0.717) is 12.3 Å². The first-order valence-electron chi connectivity index (χ1n) is 8.65. The molecule has 4 rings (SSSR count). The largest absolute Gasteiger partial charge is 0.422 e. The summed E-state index contributed by atoms with van der Waals surface area (Å²) in [5, 5.41) is 0. The Labute approximate surface area is 141 Å². The Kier molecular flexibility index (Phi) is 3.21. The molecule has 1 spiro atoms. The second-order valence-electron chi connectivity index (χ2n) is 7.79. The molecule has 2 fully saturated rings. The average molecular weight is 329 g/mol. The molecule has 2 saturated heterocycles. The fraction of sp³-hybridized carbons (Fsp3) is 0.579. The van der Waals surface area contributed by atoms with Crippen LogP contribution >= 0.6 is 0 Å². The van der Waals surface area contributed by atoms with Crippen molar-refractivity contribution in [3.8, 4) is 0 Å². The minimum absolute atomic E-state index is 0.202. The third kappa shape index (κ3) is 2.06. The van der Waals surface area contributed by atoms with Crippen molar-refractivity contribution in [1.82, 2.24) is 0 Å². The maximum Gasteiger partial charge on any atom is 0.329 e. The van der Waals surface area contributed by atoms with Crippen LogP contribution in [0.5, 0.6) is 0 Å². The van der Waals surface area contributed by atoms with E-state index < -0.39 is 23.1 Å². The van der Waals surface area contributed by atoms with Crippen molar-refractivity contribution in [2.24, 2.45) is 11.3 Å². The molecule has 0 radical (unpaired) electrons. The monoisotopic (exact) mass is 329 g/mol. The average Bonchev–Trinajstić information content (AvgIpc) is 2.51. The van der Waals surface area contributed by atoms with Crippen LogP contribution in [0.25, 0.3) is 0 Å². The number of para-hydroxylation sites is 1. The topological polar surface area (TPSA) is 55.8 Å². The number of fused-ring (bicyclic) bond motifs is 4. The van der Waals surface area contributed by atoms with Crippen molar-refractivity contribution >= 4 is 17.6 Å². The number of ether oxygens (including phenoxy) is 2. The molecule has 3 aliphatic heterocycles. The van der Waals surface area contributed by atoms with Crippen LogP contribution in [0, 0.1) is 11.3 Å². The third-order valence-electron chi connectivity index (χ3n) is 5.61. The summed E-state index contributed by atoms with van der Waals surface area (Å²) in [4.78, 5) is 28.3. The Balaban J connectivity index is 1.85. The number of benzene rings is 1. The lowest BCUT2D eigenvalue weighted by Gasteiger charge is -2.54. The predicted octanol–water partition coefficient (Wildman–Crippen LogP) is 2.67. The number of nitrogens with zero attached hydrogens (tertiary/aromatic N) is 1. The molecule has 0 N–H and O–H groups in total. The summed E-state index contributed by atoms with van der Waals surface area (Å²) < 4.78 is 11.1. The van der Waals surface area contributed by atoms with Gasteiger partial charge in [0.2, 0.25) is 0 Å². The highest BCUT2D eigenvalue weighted by Gasteiger charge is 2.64. The number of hydrogen-bond donors (Lipinski definition) is 0. The highest BCUT2D eigenvalue weighted by Crippen LogP contribution is 2.50. The molecule has 1 aromatic rings. The number of esters is 2. The Bertz CT molecular complexity index is 691. The summed E-state index contributed by atoms with van der Waals surface area (Å²) in [6.45, 7) is 6.23. The molecule has 3 heterocycles. The van der Waals surface area contributed by atoms with E-state index in [1.165, 1.54) is 0 Å². The van der Waals surface area contributed by atoms with Crippen LogP contribution in [-0.4, -0.2) is 30.3 Å². The molecular formula is C19H23NO4. The predicted molar refractivity (Wildman–Crippen MR) is 88.4 cm³/mol. The molecule has 3 aliphatic rings. The van der Waals surface area contributed by atoms with Gasteiger partial charge in [0, 0.05) is 32.5 Å². The number of rotatable bonds is 0. The summed E-state index contributed by atoms with van der Waals surface area (Å²) in [6, 6.07) is 7.82. The van der Waals surface area contributed by atoms with Crippen molar-refractivity contribution < 1.29 is 19.1 Å². The van der Waals surface area contributed by atoms with Crippen molar-refractivity contribution in [1.29, 1.82) is 0 Å². The number of carbonyl (C=O) groups is 2. The lowest BCUT2D eigenvalue weighted by Crippen LogP contribution is -2.67. The lowest BCUT2D eigenvalue weighted by molar-refractivity contribution is -0.253. The van der Waals surface area contributed by atoms with Crippen LogP contribution in [0.4, 0.5) is 5.69 Å². The van der Waals surface area contributed by atoms with Gasteiger partial charge in [-0.05, 0) is 30.4 Å². The van der Waals surface area contributed by atoms with Crippen LogP contribution < -0.4 is 4.90 Å². The van der Waals surface area contributed by atoms with Gasteiger partial charge in [0.1, 0.15) is 0 Å². The molecule has 5 nitrogen and oxygen atoms in total. The smallest absolute Gasteiger partial charge is 0.329 e. The van der Waals surface area contributed by atoms with Gasteiger partial charge in [0.15, 0.2) is 5.41 Å². The summed E-state index contributed by atoms with van der Waals surface area (Å²) >= 11 is 0. The summed E-state index contributed by atoms with van der Waals surface area (Å²) in [5.41, 5.74) is 0.890. The van der Waals surface area contributed by atoms with Gasteiger partial charge in [-0.15, -0.1) is 0 Å². The second-order valence-corrected chi connectivity index (χ2v) is 7.79. The van der Waals surface area contributed by atoms with Crippen molar-refractivity contribution in [3.05, 3.63) is 29.8 Å². The van der Waals surface area contributed by atoms with E-state index in [-0.39, 0.29) is 6.04 Å². The minimum Gasteiger partial charge on any atom is -0.422 e. The zero-order valence-electron chi connectivity index (χ0n) is 14.4. The van der Waals surface area contributed by atoms with Gasteiger partial charge in [-0.25, -0.2) is 0 Å². The summed E-state index contributed by atoms with van der Waals surface area (Å²) in [5.74, 6) is -1.62. The second kappa shape index (κ2) is 4.98. The highest BCUT2D eigenvalue weighted by atomic mass is 16.7. The van der Waals surface area contributed by atoms with Gasteiger partial charge < -0.3 is 14.4 Å². The molecule has 1 aromatic carbocycles. The molecule has 24 heavy (non-hydrogen) atoms. The zero-order valence-corrected chi connectivity index (χ0v) is 14.4. The van der Waals surface area contributed by atoms with E-state index >= 15 is 0 Å². The maximum atomic E-state index is 13.0. The fourth-order valence-electron chi connectivity index (χ4n) is 4.40. The number of cyclic esters (lactones) is 2. The molecule has 0 amide bonds. The molecule has 2 atom stereocenters. The first kappa shape index (κ1) is 15.5. The van der Waals surface area contributed by atoms with Gasteiger partial charge in [-0.3, -0.25) is 9.59 Å². The van der Waals surface area contributed by atoms with Crippen LogP contribution in [-0.2, 0) is 25.5 Å². The summed E-state index contributed by atoms with van der Waals surface area (Å²) in [7, 11) is 0. The quantitative estimate of drug-likeness (QED) is 0.541. The molecule has 0 aromatic heterocycles. The van der Waals surface area contributed by atoms with Gasteiger partial charge >= 0.3 is 11.9 Å². The van der Waals surface area contributed by atoms with Crippen molar-refractivity contribution in [2.75, 3.05) is 11.4 Å². The highest BCUT2D eigenvalue weighted by molar-refractivity contribution is 6.04. The molecule has 5 heteroatoms. The number of piperidine rings is 1. The Morgan fingerprint density at radius 1 is 1.12 bits per heavy atom. The van der Waals surface area contributed by atoms with Crippen LogP contribution in [0.2, 0.25) is 0 Å². The Hall–Kier alpha value is -2.04. The molecule has 0 aliphatic carbocycles. The molecule has 128 valence electrons. The van der Waals surface area contributed by atoms with E-state index in [1.54, 1.807) is 13.8 Å². The number of carbonyl (C=O) groups excluding carboxylic acids is 2. The first-order chi connectivity index (χ1) is 11.3. The van der Waals surface area contributed by atoms with E-state index in [2.05, 4.69) is 17.9 Å². The van der Waals surface area contributed by atoms with Crippen molar-refractivity contribution in [3.63, 3.8) is 0 Å². The van der Waals surface area contributed by atoms with E-state index in [1.807, 2.05) is 18.2 Å². The fourth-order valence-corrected chi connectivity index (χ4v) is 4.40. The van der Waals surface area contributed by atoms with E-state index in [0.717, 1.165) is 30.6 Å². The van der Waals surface area contributed by atoms with Crippen LogP contribution in [0.15, 0.2) is 24.3 Å². The van der Waals surface area contributed by atoms with Gasteiger partial charge in [-0.2, -0.15) is 0 Å². The lowest BCUT2D eigenvalue weighted by atomic mass is 9.66. The van der Waals surface area contributed by atoms with Gasteiger partial charge in [0.25, 0.3) is 5.79 Å². The number of anilines is 1. The van der Waals surface area contributed by atoms with Gasteiger partial charge in [0.05, 0.1) is 6.04 Å². The molecule has 0 saturated carbocycles. The molecule has 0 bridgehead atoms. The first-order valence-corrected chi connectivity index (χ1v) is 8.65. The van der Waals surface area contributed by atoms with Crippen LogP contribution in [0.1, 0.15) is 39.2 Å². The number of hydrogen-bond acceptors (Lipinski definition) is 5. The van der Waals surface area contributed by atoms with Crippen molar-refractivity contribution in [2.45, 2.75) is 51.9 Å². The standard InChI is InChI=1S/C19H23NO4/c1-12-8-9-20-14-7-5-4-6-13(14)11-19(15(20)10-12)16(21)23-18(2,3)24-17(19)22/h4-7,12,15H,8-11H2,1-3H3/t12-,15+/m1/s1. The Morgan fingerprint density at radius 2 is 1.79 bits per heavy atom. The summed E-state index contributed by atoms with van der Waals surface area (Å²) in [6.07, 6.45) is 2.19. The maximum absolute atomic E-state index is 13.0. The normalized spacial score (nSPS) is 30.2. The zero-order chi connectivity index (χ0) is 17.1. The Morgan fingerprint density at radius 3 is 2.50 bits per heavy atom. The molecule has 0 unspecified atom stereocenters. The van der Waals surface area contributed by atoms with E-state index in [9.17, 15) is 9.59 Å². The minimum atomic E-state index is -1.25. The van der Waals surface area contributed by atoms with E-state index in [4.69, 9.17) is 9.47 Å². The third-order valence-corrected chi connectivity index (χ3v) is 5.61. The van der Waals surface area contributed by atoms with Gasteiger partial charge in [-0.1, -0.05) is 25.1 Å². The SMILES string of the molecule is C[C@@H]1CCN2c3ccccc3CC3(C(=O)OC(C)(C)OC3=O)[C@@H]2C1. The van der Waals surface area contributed by atoms with Crippen LogP contribution in [0.3, 0.4) is 0 Å².